The zero-order chi connectivity index (χ0) is 17.1. The average Bonchev–Trinajstić information content (AvgIpc) is 3.23. The molecule has 0 spiro atoms. The van der Waals surface area contributed by atoms with E-state index in [0.29, 0.717) is 19.6 Å². The van der Waals surface area contributed by atoms with E-state index in [9.17, 15) is 13.2 Å². The number of rotatable bonds is 7. The minimum Gasteiger partial charge on any atom is -0.349 e. The standard InChI is InChI=1S/C15H25N3O3S2.ClH/c1-3-15(16,4-2)11-17-14(19)13-12(7-10-22-13)23(20,21)18-8-5-6-9-18;/h7,10H,3-6,8-9,11,16H2,1-2H3,(H,17,19);1H. The lowest BCUT2D eigenvalue weighted by Crippen LogP contribution is -2.49. The van der Waals surface area contributed by atoms with Gasteiger partial charge in [-0.3, -0.25) is 4.79 Å². The summed E-state index contributed by atoms with van der Waals surface area (Å²) in [4.78, 5) is 12.8. The van der Waals surface area contributed by atoms with Crippen LogP contribution in [0.15, 0.2) is 16.3 Å². The third kappa shape index (κ3) is 4.49. The van der Waals surface area contributed by atoms with Crippen molar-refractivity contribution in [2.24, 2.45) is 5.73 Å². The molecule has 0 atom stereocenters. The molecule has 2 rings (SSSR count). The summed E-state index contributed by atoms with van der Waals surface area (Å²) in [7, 11) is -3.58. The maximum absolute atomic E-state index is 12.7. The predicted molar refractivity (Wildman–Crippen MR) is 99.4 cm³/mol. The molecule has 0 unspecified atom stereocenters. The number of sulfonamides is 1. The fourth-order valence-electron chi connectivity index (χ4n) is 2.57. The molecule has 1 amide bonds. The highest BCUT2D eigenvalue weighted by atomic mass is 35.5. The van der Waals surface area contributed by atoms with Crippen molar-refractivity contribution in [3.05, 3.63) is 16.3 Å². The van der Waals surface area contributed by atoms with Crippen LogP contribution in [0.5, 0.6) is 0 Å². The molecule has 0 aromatic carbocycles. The van der Waals surface area contributed by atoms with Crippen molar-refractivity contribution in [1.29, 1.82) is 0 Å². The van der Waals surface area contributed by atoms with Gasteiger partial charge in [0.1, 0.15) is 9.77 Å². The van der Waals surface area contributed by atoms with Crippen molar-refractivity contribution in [3.63, 3.8) is 0 Å². The van der Waals surface area contributed by atoms with Crippen LogP contribution >= 0.6 is 23.7 Å². The Labute approximate surface area is 154 Å². The van der Waals surface area contributed by atoms with Crippen LogP contribution in [0, 0.1) is 0 Å². The Hall–Kier alpha value is -0.670. The highest BCUT2D eigenvalue weighted by Gasteiger charge is 2.32. The lowest BCUT2D eigenvalue weighted by molar-refractivity contribution is 0.0943. The van der Waals surface area contributed by atoms with Gasteiger partial charge < -0.3 is 11.1 Å². The number of carbonyl (C=O) groups is 1. The maximum atomic E-state index is 12.7. The highest BCUT2D eigenvalue weighted by molar-refractivity contribution is 7.89. The zero-order valence-corrected chi connectivity index (χ0v) is 16.5. The summed E-state index contributed by atoms with van der Waals surface area (Å²) in [5, 5.41) is 4.44. The van der Waals surface area contributed by atoms with Crippen LogP contribution in [0.4, 0.5) is 0 Å². The smallest absolute Gasteiger partial charge is 0.262 e. The minimum atomic E-state index is -3.58. The zero-order valence-electron chi connectivity index (χ0n) is 14.1. The van der Waals surface area contributed by atoms with E-state index in [1.807, 2.05) is 13.8 Å². The van der Waals surface area contributed by atoms with Crippen molar-refractivity contribution in [2.45, 2.75) is 50.0 Å². The third-order valence-electron chi connectivity index (χ3n) is 4.53. The summed E-state index contributed by atoms with van der Waals surface area (Å²) in [6.45, 7) is 5.34. The molecule has 1 fully saturated rings. The number of thiophene rings is 1. The summed E-state index contributed by atoms with van der Waals surface area (Å²) in [5.74, 6) is -0.366. The Morgan fingerprint density at radius 3 is 2.46 bits per heavy atom. The van der Waals surface area contributed by atoms with Gasteiger partial charge >= 0.3 is 0 Å². The normalized spacial score (nSPS) is 16.0. The second-order valence-electron chi connectivity index (χ2n) is 5.98. The van der Waals surface area contributed by atoms with E-state index in [1.54, 1.807) is 5.38 Å². The maximum Gasteiger partial charge on any atom is 0.262 e. The Bertz CT molecular complexity index is 651. The van der Waals surface area contributed by atoms with E-state index < -0.39 is 15.6 Å². The summed E-state index contributed by atoms with van der Waals surface area (Å²) >= 11 is 1.15. The lowest BCUT2D eigenvalue weighted by atomic mass is 9.94. The molecule has 1 saturated heterocycles. The number of halogens is 1. The van der Waals surface area contributed by atoms with Crippen molar-refractivity contribution < 1.29 is 13.2 Å². The molecule has 0 radical (unpaired) electrons. The molecule has 3 N–H and O–H groups in total. The topological polar surface area (TPSA) is 92.5 Å². The van der Waals surface area contributed by atoms with E-state index >= 15 is 0 Å². The molecule has 1 aromatic heterocycles. The third-order valence-corrected chi connectivity index (χ3v) is 7.51. The second-order valence-corrected chi connectivity index (χ2v) is 8.80. The Morgan fingerprint density at radius 1 is 1.33 bits per heavy atom. The largest absolute Gasteiger partial charge is 0.349 e. The number of amides is 1. The van der Waals surface area contributed by atoms with Gasteiger partial charge in [-0.2, -0.15) is 4.31 Å². The molecule has 138 valence electrons. The number of hydrogen-bond donors (Lipinski definition) is 2. The SMILES string of the molecule is CCC(N)(CC)CNC(=O)c1sccc1S(=O)(=O)N1CCCC1.Cl. The first kappa shape index (κ1) is 21.4. The molecular formula is C15H26ClN3O3S2. The summed E-state index contributed by atoms with van der Waals surface area (Å²) < 4.78 is 26.8. The van der Waals surface area contributed by atoms with Gasteiger partial charge in [0.25, 0.3) is 5.91 Å². The molecule has 0 aliphatic carbocycles. The number of nitrogens with zero attached hydrogens (tertiary/aromatic N) is 1. The lowest BCUT2D eigenvalue weighted by Gasteiger charge is -2.26. The van der Waals surface area contributed by atoms with Gasteiger partial charge in [0.2, 0.25) is 10.0 Å². The first-order chi connectivity index (χ1) is 10.8. The minimum absolute atomic E-state index is 0. The van der Waals surface area contributed by atoms with Gasteiger partial charge in [-0.05, 0) is 37.1 Å². The highest BCUT2D eigenvalue weighted by Crippen LogP contribution is 2.27. The van der Waals surface area contributed by atoms with Crippen LogP contribution in [-0.2, 0) is 10.0 Å². The summed E-state index contributed by atoms with van der Waals surface area (Å²) in [6.07, 6.45) is 3.22. The number of nitrogens with two attached hydrogens (primary N) is 1. The Kier molecular flexibility index (Phi) is 7.68. The fraction of sp³-hybridized carbons (Fsp3) is 0.667. The fourth-order valence-corrected chi connectivity index (χ4v) is 5.40. The van der Waals surface area contributed by atoms with E-state index in [1.165, 1.54) is 10.4 Å². The average molecular weight is 396 g/mol. The molecule has 1 aliphatic heterocycles. The van der Waals surface area contributed by atoms with E-state index in [-0.39, 0.29) is 28.1 Å². The van der Waals surface area contributed by atoms with Gasteiger partial charge in [0.05, 0.1) is 0 Å². The molecule has 0 bridgehead atoms. The molecule has 9 heteroatoms. The summed E-state index contributed by atoms with van der Waals surface area (Å²) in [5.41, 5.74) is 5.73. The molecule has 1 aliphatic rings. The summed E-state index contributed by atoms with van der Waals surface area (Å²) in [6, 6.07) is 1.52. The van der Waals surface area contributed by atoms with E-state index in [2.05, 4.69) is 5.32 Å². The van der Waals surface area contributed by atoms with Gasteiger partial charge in [0.15, 0.2) is 0 Å². The van der Waals surface area contributed by atoms with Crippen molar-refractivity contribution >= 4 is 39.7 Å². The van der Waals surface area contributed by atoms with E-state index in [4.69, 9.17) is 5.73 Å². The van der Waals surface area contributed by atoms with Gasteiger partial charge in [0, 0.05) is 25.2 Å². The number of hydrogen-bond acceptors (Lipinski definition) is 5. The van der Waals surface area contributed by atoms with Crippen LogP contribution in [0.2, 0.25) is 0 Å². The van der Waals surface area contributed by atoms with Crippen molar-refractivity contribution in [3.8, 4) is 0 Å². The van der Waals surface area contributed by atoms with Crippen molar-refractivity contribution in [2.75, 3.05) is 19.6 Å². The van der Waals surface area contributed by atoms with Gasteiger partial charge in [-0.1, -0.05) is 13.8 Å². The first-order valence-electron chi connectivity index (χ1n) is 7.99. The van der Waals surface area contributed by atoms with Crippen LogP contribution in [0.3, 0.4) is 0 Å². The Morgan fingerprint density at radius 2 is 1.92 bits per heavy atom. The molecular weight excluding hydrogens is 370 g/mol. The van der Waals surface area contributed by atoms with Crippen LogP contribution in [-0.4, -0.2) is 43.8 Å². The van der Waals surface area contributed by atoms with Crippen molar-refractivity contribution in [1.82, 2.24) is 9.62 Å². The van der Waals surface area contributed by atoms with Crippen LogP contribution in [0.25, 0.3) is 0 Å². The monoisotopic (exact) mass is 395 g/mol. The molecule has 6 nitrogen and oxygen atoms in total. The number of nitrogens with one attached hydrogen (secondary N) is 1. The van der Waals surface area contributed by atoms with Gasteiger partial charge in [-0.25, -0.2) is 8.42 Å². The predicted octanol–water partition coefficient (Wildman–Crippen LogP) is 2.20. The quantitative estimate of drug-likeness (QED) is 0.740. The molecule has 1 aromatic rings. The Balaban J connectivity index is 0.00000288. The van der Waals surface area contributed by atoms with Crippen LogP contribution in [0.1, 0.15) is 49.2 Å². The van der Waals surface area contributed by atoms with Gasteiger partial charge in [-0.15, -0.1) is 23.7 Å². The van der Waals surface area contributed by atoms with E-state index in [0.717, 1.165) is 37.0 Å². The van der Waals surface area contributed by atoms with Crippen LogP contribution < -0.4 is 11.1 Å². The first-order valence-corrected chi connectivity index (χ1v) is 10.3. The second kappa shape index (κ2) is 8.62. The number of carbonyl (C=O) groups excluding carboxylic acids is 1. The molecule has 24 heavy (non-hydrogen) atoms. The molecule has 0 saturated carbocycles. The molecule has 2 heterocycles.